The number of carbonyl (C=O) groups is 1. The topological polar surface area (TPSA) is 29.1 Å². The van der Waals surface area contributed by atoms with Crippen molar-refractivity contribution in [3.63, 3.8) is 0 Å². The average Bonchev–Trinajstić information content (AvgIpc) is 2.46. The van der Waals surface area contributed by atoms with Gasteiger partial charge in [0.2, 0.25) is 0 Å². The SMILES string of the molecule is CC(C)NC(C(=O)c1ccccc1)c1ccccc1. The number of hydrogen-bond acceptors (Lipinski definition) is 2. The number of ketones is 1. The molecule has 0 saturated heterocycles. The van der Waals surface area contributed by atoms with Crippen LogP contribution in [0.15, 0.2) is 60.7 Å². The Morgan fingerprint density at radius 3 is 1.95 bits per heavy atom. The summed E-state index contributed by atoms with van der Waals surface area (Å²) in [7, 11) is 0. The molecule has 0 heterocycles. The number of Topliss-reactive ketones (excluding diaryl/α,β-unsaturated/α-hetero) is 1. The molecule has 2 nitrogen and oxygen atoms in total. The predicted octanol–water partition coefficient (Wildman–Crippen LogP) is 3.61. The summed E-state index contributed by atoms with van der Waals surface area (Å²) in [6.07, 6.45) is 0. The van der Waals surface area contributed by atoms with E-state index in [2.05, 4.69) is 5.32 Å². The van der Waals surface area contributed by atoms with Gasteiger partial charge in [-0.05, 0) is 19.4 Å². The molecule has 0 aliphatic rings. The summed E-state index contributed by atoms with van der Waals surface area (Å²) in [5.41, 5.74) is 1.74. The van der Waals surface area contributed by atoms with Crippen molar-refractivity contribution < 1.29 is 4.79 Å². The molecule has 0 spiro atoms. The molecule has 1 N–H and O–H groups in total. The van der Waals surface area contributed by atoms with E-state index in [9.17, 15) is 4.79 Å². The smallest absolute Gasteiger partial charge is 0.184 e. The first kappa shape index (κ1) is 13.5. The van der Waals surface area contributed by atoms with Gasteiger partial charge in [0.1, 0.15) is 0 Å². The lowest BCUT2D eigenvalue weighted by molar-refractivity contribution is 0.0938. The summed E-state index contributed by atoms with van der Waals surface area (Å²) in [4.78, 5) is 12.6. The quantitative estimate of drug-likeness (QED) is 0.825. The molecular formula is C17H19NO. The molecule has 0 fully saturated rings. The first-order valence-corrected chi connectivity index (χ1v) is 6.58. The van der Waals surface area contributed by atoms with E-state index in [1.807, 2.05) is 74.5 Å². The van der Waals surface area contributed by atoms with Crippen LogP contribution in [-0.4, -0.2) is 11.8 Å². The minimum atomic E-state index is -0.288. The highest BCUT2D eigenvalue weighted by Crippen LogP contribution is 2.19. The van der Waals surface area contributed by atoms with Crippen LogP contribution < -0.4 is 5.32 Å². The molecule has 0 radical (unpaired) electrons. The van der Waals surface area contributed by atoms with Gasteiger partial charge in [-0.3, -0.25) is 4.79 Å². The first-order chi connectivity index (χ1) is 9.18. The molecule has 19 heavy (non-hydrogen) atoms. The Balaban J connectivity index is 2.31. The van der Waals surface area contributed by atoms with Crippen LogP contribution in [0, 0.1) is 0 Å². The molecule has 0 saturated carbocycles. The standard InChI is InChI=1S/C17H19NO/c1-13(2)18-16(14-9-5-3-6-10-14)17(19)15-11-7-4-8-12-15/h3-13,16,18H,1-2H3. The van der Waals surface area contributed by atoms with Crippen LogP contribution in [0.4, 0.5) is 0 Å². The molecule has 2 rings (SSSR count). The Morgan fingerprint density at radius 1 is 0.895 bits per heavy atom. The number of rotatable bonds is 5. The zero-order chi connectivity index (χ0) is 13.7. The van der Waals surface area contributed by atoms with Crippen molar-refractivity contribution in [2.24, 2.45) is 0 Å². The minimum absolute atomic E-state index is 0.112. The highest BCUT2D eigenvalue weighted by molar-refractivity contribution is 6.00. The maximum atomic E-state index is 12.6. The third kappa shape index (κ3) is 3.52. The Hall–Kier alpha value is -1.93. The fraction of sp³-hybridized carbons (Fsp3) is 0.235. The van der Waals surface area contributed by atoms with Gasteiger partial charge in [0.25, 0.3) is 0 Å². The molecule has 1 unspecified atom stereocenters. The van der Waals surface area contributed by atoms with Gasteiger partial charge in [-0.25, -0.2) is 0 Å². The normalized spacial score (nSPS) is 12.4. The van der Waals surface area contributed by atoms with Crippen LogP contribution in [0.25, 0.3) is 0 Å². The summed E-state index contributed by atoms with van der Waals surface area (Å²) in [6.45, 7) is 4.10. The van der Waals surface area contributed by atoms with E-state index in [0.717, 1.165) is 11.1 Å². The van der Waals surface area contributed by atoms with Crippen molar-refractivity contribution in [1.82, 2.24) is 5.32 Å². The lowest BCUT2D eigenvalue weighted by Crippen LogP contribution is -2.33. The van der Waals surface area contributed by atoms with Crippen LogP contribution in [0.2, 0.25) is 0 Å². The van der Waals surface area contributed by atoms with Gasteiger partial charge >= 0.3 is 0 Å². The van der Waals surface area contributed by atoms with Crippen LogP contribution in [-0.2, 0) is 0 Å². The second kappa shape index (κ2) is 6.30. The second-order valence-corrected chi connectivity index (χ2v) is 4.90. The monoisotopic (exact) mass is 253 g/mol. The zero-order valence-corrected chi connectivity index (χ0v) is 11.3. The maximum Gasteiger partial charge on any atom is 0.184 e. The molecule has 0 aromatic heterocycles. The molecule has 1 atom stereocenters. The number of carbonyl (C=O) groups excluding carboxylic acids is 1. The molecular weight excluding hydrogens is 234 g/mol. The van der Waals surface area contributed by atoms with E-state index < -0.39 is 0 Å². The van der Waals surface area contributed by atoms with Crippen molar-refractivity contribution in [3.05, 3.63) is 71.8 Å². The van der Waals surface area contributed by atoms with Crippen LogP contribution >= 0.6 is 0 Å². The molecule has 0 bridgehead atoms. The highest BCUT2D eigenvalue weighted by atomic mass is 16.1. The Bertz CT molecular complexity index is 519. The van der Waals surface area contributed by atoms with Crippen LogP contribution in [0.5, 0.6) is 0 Å². The van der Waals surface area contributed by atoms with E-state index in [4.69, 9.17) is 0 Å². The Morgan fingerprint density at radius 2 is 1.42 bits per heavy atom. The zero-order valence-electron chi connectivity index (χ0n) is 11.3. The molecule has 2 aromatic rings. The third-order valence-corrected chi connectivity index (χ3v) is 2.95. The van der Waals surface area contributed by atoms with Gasteiger partial charge in [-0.15, -0.1) is 0 Å². The number of hydrogen-bond donors (Lipinski definition) is 1. The van der Waals surface area contributed by atoms with Gasteiger partial charge in [0.15, 0.2) is 5.78 Å². The first-order valence-electron chi connectivity index (χ1n) is 6.58. The van der Waals surface area contributed by atoms with Crippen molar-refractivity contribution in [3.8, 4) is 0 Å². The molecule has 98 valence electrons. The fourth-order valence-electron chi connectivity index (χ4n) is 2.07. The molecule has 0 aliphatic carbocycles. The number of nitrogens with one attached hydrogen (secondary N) is 1. The minimum Gasteiger partial charge on any atom is -0.301 e. The van der Waals surface area contributed by atoms with E-state index in [-0.39, 0.29) is 17.9 Å². The van der Waals surface area contributed by atoms with E-state index in [1.165, 1.54) is 0 Å². The Labute approximate surface area is 114 Å². The van der Waals surface area contributed by atoms with Crippen molar-refractivity contribution in [2.45, 2.75) is 25.9 Å². The average molecular weight is 253 g/mol. The predicted molar refractivity (Wildman–Crippen MR) is 78.2 cm³/mol. The molecule has 2 heteroatoms. The fourth-order valence-corrected chi connectivity index (χ4v) is 2.07. The van der Waals surface area contributed by atoms with Crippen LogP contribution in [0.3, 0.4) is 0 Å². The Kier molecular flexibility index (Phi) is 4.48. The van der Waals surface area contributed by atoms with E-state index in [0.29, 0.717) is 0 Å². The van der Waals surface area contributed by atoms with Gasteiger partial charge in [0.05, 0.1) is 6.04 Å². The van der Waals surface area contributed by atoms with Crippen molar-refractivity contribution >= 4 is 5.78 Å². The van der Waals surface area contributed by atoms with E-state index in [1.54, 1.807) is 0 Å². The summed E-state index contributed by atoms with van der Waals surface area (Å²) >= 11 is 0. The summed E-state index contributed by atoms with van der Waals surface area (Å²) < 4.78 is 0. The summed E-state index contributed by atoms with van der Waals surface area (Å²) in [6, 6.07) is 19.2. The lowest BCUT2D eigenvalue weighted by atomic mass is 9.97. The lowest BCUT2D eigenvalue weighted by Gasteiger charge is -2.20. The van der Waals surface area contributed by atoms with Crippen molar-refractivity contribution in [1.29, 1.82) is 0 Å². The molecule has 0 aliphatic heterocycles. The summed E-state index contributed by atoms with van der Waals surface area (Å²) in [5.74, 6) is 0.112. The van der Waals surface area contributed by atoms with Crippen molar-refractivity contribution in [2.75, 3.05) is 0 Å². The maximum absolute atomic E-state index is 12.6. The van der Waals surface area contributed by atoms with Gasteiger partial charge in [0, 0.05) is 11.6 Å². The van der Waals surface area contributed by atoms with Gasteiger partial charge < -0.3 is 5.32 Å². The highest BCUT2D eigenvalue weighted by Gasteiger charge is 2.21. The second-order valence-electron chi connectivity index (χ2n) is 4.90. The largest absolute Gasteiger partial charge is 0.301 e. The van der Waals surface area contributed by atoms with Gasteiger partial charge in [-0.1, -0.05) is 60.7 Å². The molecule has 0 amide bonds. The summed E-state index contributed by atoms with van der Waals surface area (Å²) in [5, 5.41) is 3.34. The van der Waals surface area contributed by atoms with Gasteiger partial charge in [-0.2, -0.15) is 0 Å². The number of benzene rings is 2. The molecule has 2 aromatic carbocycles. The van der Waals surface area contributed by atoms with Crippen LogP contribution in [0.1, 0.15) is 35.8 Å². The third-order valence-electron chi connectivity index (χ3n) is 2.95. The van der Waals surface area contributed by atoms with E-state index >= 15 is 0 Å².